The van der Waals surface area contributed by atoms with E-state index in [4.69, 9.17) is 0 Å². The summed E-state index contributed by atoms with van der Waals surface area (Å²) in [7, 11) is 0. The summed E-state index contributed by atoms with van der Waals surface area (Å²) in [4.78, 5) is 13.8. The summed E-state index contributed by atoms with van der Waals surface area (Å²) < 4.78 is 0. The van der Waals surface area contributed by atoms with Crippen molar-refractivity contribution in [1.82, 2.24) is 14.9 Å². The third-order valence-corrected chi connectivity index (χ3v) is 5.73. The lowest BCUT2D eigenvalue weighted by Gasteiger charge is -2.44. The van der Waals surface area contributed by atoms with Gasteiger partial charge in [0.15, 0.2) is 0 Å². The van der Waals surface area contributed by atoms with Gasteiger partial charge in [0.2, 0.25) is 0 Å². The lowest BCUT2D eigenvalue weighted by atomic mass is 9.79. The minimum atomic E-state index is -0.743. The van der Waals surface area contributed by atoms with Crippen LogP contribution in [0.4, 0.5) is 5.82 Å². The summed E-state index contributed by atoms with van der Waals surface area (Å²) in [6.07, 6.45) is 7.31. The van der Waals surface area contributed by atoms with Crippen molar-refractivity contribution in [2.24, 2.45) is 0 Å². The van der Waals surface area contributed by atoms with Crippen LogP contribution in [0.2, 0.25) is 0 Å². The molecule has 2 aromatic heterocycles. The molecule has 1 N–H and O–H groups in total. The van der Waals surface area contributed by atoms with Gasteiger partial charge in [0, 0.05) is 44.6 Å². The van der Waals surface area contributed by atoms with E-state index in [2.05, 4.69) is 25.8 Å². The minimum Gasteiger partial charge on any atom is -0.384 e. The summed E-state index contributed by atoms with van der Waals surface area (Å²) in [5, 5.41) is 11.0. The summed E-state index contributed by atoms with van der Waals surface area (Å²) in [5.74, 6) is 1.08. The van der Waals surface area contributed by atoms with Crippen molar-refractivity contribution in [1.29, 1.82) is 0 Å². The highest BCUT2D eigenvalue weighted by Gasteiger charge is 2.38. The molecule has 0 unspecified atom stereocenters. The van der Waals surface area contributed by atoms with E-state index in [1.807, 2.05) is 36.5 Å². The van der Waals surface area contributed by atoms with Crippen molar-refractivity contribution < 1.29 is 5.11 Å². The highest BCUT2D eigenvalue weighted by atomic mass is 16.3. The standard InChI is InChI=1S/C20H26N4O/c25-20(18-5-1-3-11-21-18)9-7-17(8-10-20)23-13-15-24(16-14-23)19-6-2-4-12-22-19/h1-6,11-12,17,25H,7-10,13-16H2. The molecule has 1 saturated heterocycles. The van der Waals surface area contributed by atoms with Gasteiger partial charge in [-0.25, -0.2) is 4.98 Å². The predicted molar refractivity (Wildman–Crippen MR) is 98.4 cm³/mol. The van der Waals surface area contributed by atoms with Crippen molar-refractivity contribution in [3.05, 3.63) is 54.5 Å². The van der Waals surface area contributed by atoms with E-state index in [1.165, 1.54) is 0 Å². The molecular formula is C20H26N4O. The SMILES string of the molecule is OC1(c2ccccn2)CCC(N2CCN(c3ccccn3)CC2)CC1. The molecule has 3 heterocycles. The average molecular weight is 338 g/mol. The van der Waals surface area contributed by atoms with Gasteiger partial charge in [-0.3, -0.25) is 9.88 Å². The lowest BCUT2D eigenvalue weighted by molar-refractivity contribution is -0.0290. The van der Waals surface area contributed by atoms with E-state index >= 15 is 0 Å². The number of aliphatic hydroxyl groups is 1. The van der Waals surface area contributed by atoms with Crippen LogP contribution >= 0.6 is 0 Å². The van der Waals surface area contributed by atoms with Gasteiger partial charge < -0.3 is 10.0 Å². The highest BCUT2D eigenvalue weighted by Crippen LogP contribution is 2.37. The molecule has 4 rings (SSSR count). The fraction of sp³-hybridized carbons (Fsp3) is 0.500. The van der Waals surface area contributed by atoms with Gasteiger partial charge in [-0.2, -0.15) is 0 Å². The van der Waals surface area contributed by atoms with E-state index in [-0.39, 0.29) is 0 Å². The van der Waals surface area contributed by atoms with E-state index < -0.39 is 5.60 Å². The molecule has 1 aliphatic heterocycles. The third-order valence-electron chi connectivity index (χ3n) is 5.73. The van der Waals surface area contributed by atoms with Crippen molar-refractivity contribution in [3.8, 4) is 0 Å². The zero-order valence-corrected chi connectivity index (χ0v) is 14.6. The number of hydrogen-bond donors (Lipinski definition) is 1. The van der Waals surface area contributed by atoms with Crippen molar-refractivity contribution in [2.75, 3.05) is 31.1 Å². The zero-order chi connectivity index (χ0) is 17.1. The molecule has 2 aromatic rings. The Bertz CT molecular complexity index is 663. The summed E-state index contributed by atoms with van der Waals surface area (Å²) >= 11 is 0. The molecule has 1 saturated carbocycles. The van der Waals surface area contributed by atoms with Crippen LogP contribution in [0, 0.1) is 0 Å². The van der Waals surface area contributed by atoms with Gasteiger partial charge in [0.05, 0.1) is 5.69 Å². The summed E-state index contributed by atoms with van der Waals surface area (Å²) in [6.45, 7) is 4.20. The Labute approximate surface area is 149 Å². The van der Waals surface area contributed by atoms with Crippen molar-refractivity contribution >= 4 is 5.82 Å². The number of pyridine rings is 2. The van der Waals surface area contributed by atoms with Gasteiger partial charge in [0.25, 0.3) is 0 Å². The van der Waals surface area contributed by atoms with Crippen LogP contribution < -0.4 is 4.90 Å². The molecular weight excluding hydrogens is 312 g/mol. The smallest absolute Gasteiger partial charge is 0.128 e. The Hall–Kier alpha value is -1.98. The second-order valence-corrected chi connectivity index (χ2v) is 7.19. The molecule has 132 valence electrons. The predicted octanol–water partition coefficient (Wildman–Crippen LogP) is 2.43. The van der Waals surface area contributed by atoms with Gasteiger partial charge in [-0.1, -0.05) is 12.1 Å². The topological polar surface area (TPSA) is 52.5 Å². The number of anilines is 1. The highest BCUT2D eigenvalue weighted by molar-refractivity contribution is 5.38. The molecule has 0 spiro atoms. The second kappa shape index (κ2) is 7.10. The fourth-order valence-corrected chi connectivity index (χ4v) is 4.20. The molecule has 2 aliphatic rings. The van der Waals surface area contributed by atoms with Crippen molar-refractivity contribution in [3.63, 3.8) is 0 Å². The third kappa shape index (κ3) is 3.53. The van der Waals surface area contributed by atoms with Crippen LogP contribution in [0.1, 0.15) is 31.4 Å². The number of rotatable bonds is 3. The van der Waals surface area contributed by atoms with E-state index in [0.29, 0.717) is 6.04 Å². The molecule has 5 heteroatoms. The summed E-state index contributed by atoms with van der Waals surface area (Å²) in [6, 6.07) is 12.5. The molecule has 0 amide bonds. The van der Waals surface area contributed by atoms with Crippen LogP contribution in [0.15, 0.2) is 48.8 Å². The Morgan fingerprint density at radius 1 is 0.880 bits per heavy atom. The first kappa shape index (κ1) is 16.5. The molecule has 2 fully saturated rings. The number of aromatic nitrogens is 2. The minimum absolute atomic E-state index is 0.579. The largest absolute Gasteiger partial charge is 0.384 e. The summed E-state index contributed by atoms with van der Waals surface area (Å²) in [5.41, 5.74) is 0.0847. The first-order valence-electron chi connectivity index (χ1n) is 9.28. The molecule has 0 radical (unpaired) electrons. The zero-order valence-electron chi connectivity index (χ0n) is 14.6. The van der Waals surface area contributed by atoms with E-state index in [9.17, 15) is 5.11 Å². The van der Waals surface area contributed by atoms with E-state index in [1.54, 1.807) is 6.20 Å². The number of piperazine rings is 1. The molecule has 0 bridgehead atoms. The maximum absolute atomic E-state index is 11.0. The van der Waals surface area contributed by atoms with Crippen LogP contribution in [0.25, 0.3) is 0 Å². The lowest BCUT2D eigenvalue weighted by Crippen LogP contribution is -2.52. The molecule has 1 aliphatic carbocycles. The second-order valence-electron chi connectivity index (χ2n) is 7.19. The van der Waals surface area contributed by atoms with Gasteiger partial charge in [0.1, 0.15) is 11.4 Å². The maximum atomic E-state index is 11.0. The van der Waals surface area contributed by atoms with Gasteiger partial charge in [-0.15, -0.1) is 0 Å². The Balaban J connectivity index is 1.32. The first-order valence-corrected chi connectivity index (χ1v) is 9.28. The number of hydrogen-bond acceptors (Lipinski definition) is 5. The van der Waals surface area contributed by atoms with Gasteiger partial charge >= 0.3 is 0 Å². The van der Waals surface area contributed by atoms with Crippen LogP contribution in [-0.2, 0) is 5.60 Å². The maximum Gasteiger partial charge on any atom is 0.128 e. The Kier molecular flexibility index (Phi) is 4.68. The van der Waals surface area contributed by atoms with Crippen LogP contribution in [0.5, 0.6) is 0 Å². The fourth-order valence-electron chi connectivity index (χ4n) is 4.20. The quantitative estimate of drug-likeness (QED) is 0.931. The Morgan fingerprint density at radius 3 is 2.16 bits per heavy atom. The Morgan fingerprint density at radius 2 is 1.56 bits per heavy atom. The normalized spacial score (nSPS) is 28.0. The molecule has 0 atom stereocenters. The van der Waals surface area contributed by atoms with Crippen molar-refractivity contribution in [2.45, 2.75) is 37.3 Å². The molecule has 25 heavy (non-hydrogen) atoms. The first-order chi connectivity index (χ1) is 12.2. The van der Waals surface area contributed by atoms with E-state index in [0.717, 1.165) is 63.4 Å². The molecule has 5 nitrogen and oxygen atoms in total. The number of nitrogens with zero attached hydrogens (tertiary/aromatic N) is 4. The molecule has 0 aromatic carbocycles. The average Bonchev–Trinajstić information content (AvgIpc) is 2.70. The van der Waals surface area contributed by atoms with Crippen LogP contribution in [-0.4, -0.2) is 52.2 Å². The van der Waals surface area contributed by atoms with Gasteiger partial charge in [-0.05, 0) is 49.9 Å². The monoisotopic (exact) mass is 338 g/mol. The van der Waals surface area contributed by atoms with Crippen LogP contribution in [0.3, 0.4) is 0 Å².